The quantitative estimate of drug-likeness (QED) is 0.897. The number of nitrogens with one attached hydrogen (secondary N) is 1. The molecule has 2 rings (SSSR count). The summed E-state index contributed by atoms with van der Waals surface area (Å²) in [6.45, 7) is 2.42. The van der Waals surface area contributed by atoms with Crippen molar-refractivity contribution in [1.29, 1.82) is 0 Å². The van der Waals surface area contributed by atoms with Crippen molar-refractivity contribution in [3.05, 3.63) is 28.8 Å². The highest BCUT2D eigenvalue weighted by Crippen LogP contribution is 2.25. The highest BCUT2D eigenvalue weighted by Gasteiger charge is 2.28. The average Bonchev–Trinajstić information content (AvgIpc) is 2.44. The standard InChI is InChI=1S/C15H19ClN2O3/c1-10-12(16)6-4-7-13(10)17-15(21)18-8-3-2-5-11(18)9-14(19)20/h4,6-7,11H,2-3,5,8-9H2,1H3,(H,17,21)(H,19,20). The predicted molar refractivity (Wildman–Crippen MR) is 81.8 cm³/mol. The molecule has 1 atom stereocenters. The Hall–Kier alpha value is -1.75. The molecule has 5 nitrogen and oxygen atoms in total. The second-order valence-corrected chi connectivity index (χ2v) is 5.69. The van der Waals surface area contributed by atoms with Crippen LogP contribution in [-0.2, 0) is 4.79 Å². The average molecular weight is 311 g/mol. The Morgan fingerprint density at radius 3 is 2.90 bits per heavy atom. The number of amides is 2. The van der Waals surface area contributed by atoms with Gasteiger partial charge in [-0.1, -0.05) is 17.7 Å². The van der Waals surface area contributed by atoms with E-state index in [2.05, 4.69) is 5.32 Å². The molecule has 1 saturated heterocycles. The first kappa shape index (κ1) is 15.6. The van der Waals surface area contributed by atoms with E-state index >= 15 is 0 Å². The van der Waals surface area contributed by atoms with Gasteiger partial charge in [-0.25, -0.2) is 4.79 Å². The molecule has 2 amide bonds. The Bertz CT molecular complexity index is 548. The van der Waals surface area contributed by atoms with Crippen molar-refractivity contribution in [3.63, 3.8) is 0 Å². The molecule has 0 aliphatic carbocycles. The molecule has 21 heavy (non-hydrogen) atoms. The van der Waals surface area contributed by atoms with E-state index in [0.717, 1.165) is 24.8 Å². The zero-order valence-corrected chi connectivity index (χ0v) is 12.7. The fourth-order valence-corrected chi connectivity index (χ4v) is 2.79. The van der Waals surface area contributed by atoms with Gasteiger partial charge >= 0.3 is 12.0 Å². The molecule has 0 spiro atoms. The molecule has 6 heteroatoms. The fraction of sp³-hybridized carbons (Fsp3) is 0.467. The van der Waals surface area contributed by atoms with Gasteiger partial charge in [-0.05, 0) is 43.9 Å². The topological polar surface area (TPSA) is 69.6 Å². The zero-order valence-electron chi connectivity index (χ0n) is 11.9. The van der Waals surface area contributed by atoms with Gasteiger partial charge in [0, 0.05) is 23.3 Å². The lowest BCUT2D eigenvalue weighted by atomic mass is 10.00. The van der Waals surface area contributed by atoms with E-state index in [1.165, 1.54) is 0 Å². The summed E-state index contributed by atoms with van der Waals surface area (Å²) in [6, 6.07) is 4.83. The second kappa shape index (κ2) is 6.80. The first-order chi connectivity index (χ1) is 9.99. The number of carbonyl (C=O) groups is 2. The lowest BCUT2D eigenvalue weighted by Crippen LogP contribution is -2.46. The summed E-state index contributed by atoms with van der Waals surface area (Å²) in [5.41, 5.74) is 1.46. The SMILES string of the molecule is Cc1c(Cl)cccc1NC(=O)N1CCCCC1CC(=O)O. The van der Waals surface area contributed by atoms with Gasteiger partial charge in [-0.3, -0.25) is 4.79 Å². The minimum atomic E-state index is -0.876. The van der Waals surface area contributed by atoms with Gasteiger partial charge in [0.1, 0.15) is 0 Å². The molecule has 1 aliphatic rings. The van der Waals surface area contributed by atoms with Gasteiger partial charge in [0.2, 0.25) is 0 Å². The van der Waals surface area contributed by atoms with Crippen molar-refractivity contribution >= 4 is 29.3 Å². The van der Waals surface area contributed by atoms with E-state index in [1.807, 2.05) is 6.92 Å². The highest BCUT2D eigenvalue weighted by molar-refractivity contribution is 6.31. The van der Waals surface area contributed by atoms with Crippen molar-refractivity contribution in [2.45, 2.75) is 38.6 Å². The number of halogens is 1. The number of likely N-dealkylation sites (tertiary alicyclic amines) is 1. The lowest BCUT2D eigenvalue weighted by Gasteiger charge is -2.35. The number of carboxylic acids is 1. The smallest absolute Gasteiger partial charge is 0.322 e. The van der Waals surface area contributed by atoms with E-state index in [1.54, 1.807) is 23.1 Å². The molecule has 2 N–H and O–H groups in total. The number of carboxylic acid groups (broad SMARTS) is 1. The Morgan fingerprint density at radius 1 is 1.43 bits per heavy atom. The number of hydrogen-bond donors (Lipinski definition) is 2. The maximum Gasteiger partial charge on any atom is 0.322 e. The predicted octanol–water partition coefficient (Wildman–Crippen LogP) is 3.51. The third-order valence-corrected chi connectivity index (χ3v) is 4.22. The van der Waals surface area contributed by atoms with Crippen LogP contribution in [-0.4, -0.2) is 34.6 Å². The van der Waals surface area contributed by atoms with Crippen molar-refractivity contribution < 1.29 is 14.7 Å². The second-order valence-electron chi connectivity index (χ2n) is 5.28. The van der Waals surface area contributed by atoms with E-state index in [-0.39, 0.29) is 18.5 Å². The number of benzene rings is 1. The van der Waals surface area contributed by atoms with Crippen molar-refractivity contribution in [3.8, 4) is 0 Å². The minimum Gasteiger partial charge on any atom is -0.481 e. The first-order valence-electron chi connectivity index (χ1n) is 7.03. The lowest BCUT2D eigenvalue weighted by molar-refractivity contribution is -0.138. The number of nitrogens with zero attached hydrogens (tertiary/aromatic N) is 1. The van der Waals surface area contributed by atoms with Crippen LogP contribution >= 0.6 is 11.6 Å². The molecule has 0 aromatic heterocycles. The number of anilines is 1. The van der Waals surface area contributed by atoms with Gasteiger partial charge in [0.25, 0.3) is 0 Å². The number of carbonyl (C=O) groups excluding carboxylic acids is 1. The van der Waals surface area contributed by atoms with Crippen molar-refractivity contribution in [1.82, 2.24) is 4.90 Å². The molecular formula is C15H19ClN2O3. The number of rotatable bonds is 3. The molecule has 0 saturated carbocycles. The molecule has 1 unspecified atom stereocenters. The van der Waals surface area contributed by atoms with Crippen LogP contribution in [0.15, 0.2) is 18.2 Å². The summed E-state index contributed by atoms with van der Waals surface area (Å²) in [7, 11) is 0. The van der Waals surface area contributed by atoms with Crippen LogP contribution in [0.5, 0.6) is 0 Å². The van der Waals surface area contributed by atoms with Gasteiger partial charge < -0.3 is 15.3 Å². The van der Waals surface area contributed by atoms with Crippen LogP contribution in [0.25, 0.3) is 0 Å². The van der Waals surface area contributed by atoms with Gasteiger partial charge in [-0.15, -0.1) is 0 Å². The molecule has 0 radical (unpaired) electrons. The summed E-state index contributed by atoms with van der Waals surface area (Å²) in [5, 5.41) is 12.4. The number of aliphatic carboxylic acids is 1. The Balaban J connectivity index is 2.10. The summed E-state index contributed by atoms with van der Waals surface area (Å²) in [5.74, 6) is -0.876. The van der Waals surface area contributed by atoms with E-state index < -0.39 is 5.97 Å². The third-order valence-electron chi connectivity index (χ3n) is 3.81. The van der Waals surface area contributed by atoms with Gasteiger partial charge in [0.05, 0.1) is 6.42 Å². The summed E-state index contributed by atoms with van der Waals surface area (Å²) in [4.78, 5) is 24.9. The molecular weight excluding hydrogens is 292 g/mol. The summed E-state index contributed by atoms with van der Waals surface area (Å²) < 4.78 is 0. The third kappa shape index (κ3) is 3.88. The maximum atomic E-state index is 12.4. The number of piperidine rings is 1. The molecule has 1 fully saturated rings. The number of hydrogen-bond acceptors (Lipinski definition) is 2. The molecule has 1 heterocycles. The molecule has 0 bridgehead atoms. The van der Waals surface area contributed by atoms with E-state index in [9.17, 15) is 9.59 Å². The Labute approximate surface area is 128 Å². The zero-order chi connectivity index (χ0) is 15.4. The van der Waals surface area contributed by atoms with Crippen LogP contribution in [0.2, 0.25) is 5.02 Å². The van der Waals surface area contributed by atoms with E-state index in [4.69, 9.17) is 16.7 Å². The largest absolute Gasteiger partial charge is 0.481 e. The van der Waals surface area contributed by atoms with Crippen LogP contribution in [0, 0.1) is 6.92 Å². The Morgan fingerprint density at radius 2 is 2.19 bits per heavy atom. The normalized spacial score (nSPS) is 18.4. The molecule has 1 aromatic carbocycles. The van der Waals surface area contributed by atoms with Crippen LogP contribution < -0.4 is 5.32 Å². The molecule has 1 aromatic rings. The first-order valence-corrected chi connectivity index (χ1v) is 7.41. The minimum absolute atomic E-state index is 0.0120. The molecule has 114 valence electrons. The van der Waals surface area contributed by atoms with E-state index in [0.29, 0.717) is 17.3 Å². The number of urea groups is 1. The summed E-state index contributed by atoms with van der Waals surface area (Å²) >= 11 is 6.04. The van der Waals surface area contributed by atoms with Crippen LogP contribution in [0.4, 0.5) is 10.5 Å². The van der Waals surface area contributed by atoms with Crippen LogP contribution in [0.3, 0.4) is 0 Å². The maximum absolute atomic E-state index is 12.4. The highest BCUT2D eigenvalue weighted by atomic mass is 35.5. The molecule has 1 aliphatic heterocycles. The summed E-state index contributed by atoms with van der Waals surface area (Å²) in [6.07, 6.45) is 2.58. The van der Waals surface area contributed by atoms with Gasteiger partial charge in [0.15, 0.2) is 0 Å². The van der Waals surface area contributed by atoms with Crippen molar-refractivity contribution in [2.75, 3.05) is 11.9 Å². The Kier molecular flexibility index (Phi) is 5.07. The van der Waals surface area contributed by atoms with Gasteiger partial charge in [-0.2, -0.15) is 0 Å². The fourth-order valence-electron chi connectivity index (χ4n) is 2.61. The van der Waals surface area contributed by atoms with Crippen molar-refractivity contribution in [2.24, 2.45) is 0 Å². The monoisotopic (exact) mass is 310 g/mol. The van der Waals surface area contributed by atoms with Crippen LogP contribution in [0.1, 0.15) is 31.2 Å².